The molecule has 0 spiro atoms. The molecule has 1 rings (SSSR count). The van der Waals surface area contributed by atoms with Crippen LogP contribution in [0.25, 0.3) is 0 Å². The minimum atomic E-state index is 1.01. The molecule has 3 nitrogen and oxygen atoms in total. The fourth-order valence-electron chi connectivity index (χ4n) is 1.04. The van der Waals surface area contributed by atoms with Gasteiger partial charge in [0.1, 0.15) is 0 Å². The summed E-state index contributed by atoms with van der Waals surface area (Å²) in [5.41, 5.74) is 0. The molecule has 74 valence electrons. The van der Waals surface area contributed by atoms with Crippen LogP contribution in [0.1, 0.15) is 6.92 Å². The van der Waals surface area contributed by atoms with Crippen LogP contribution in [0, 0.1) is 0 Å². The first-order valence-corrected chi connectivity index (χ1v) is 5.83. The van der Waals surface area contributed by atoms with E-state index in [1.165, 1.54) is 11.5 Å². The Hall–Kier alpha value is -0.480. The Morgan fingerprint density at radius 1 is 1.46 bits per heavy atom. The molecule has 1 N–H and O–H groups in total. The van der Waals surface area contributed by atoms with Crippen molar-refractivity contribution >= 4 is 11.8 Å². The lowest BCUT2D eigenvalue weighted by Gasteiger charge is -2.04. The third-order valence-corrected chi connectivity index (χ3v) is 2.63. The molecule has 0 atom stereocenters. The normalized spacial score (nSPS) is 10.5. The number of imidazole rings is 1. The van der Waals surface area contributed by atoms with Crippen LogP contribution >= 0.6 is 11.8 Å². The van der Waals surface area contributed by atoms with Crippen molar-refractivity contribution in [2.24, 2.45) is 0 Å². The van der Waals surface area contributed by atoms with Gasteiger partial charge in [-0.25, -0.2) is 4.98 Å². The molecule has 1 aromatic rings. The fourth-order valence-corrected chi connectivity index (χ4v) is 1.62. The summed E-state index contributed by atoms with van der Waals surface area (Å²) in [6.07, 6.45) is 5.65. The molecular formula is C9H17N3S. The van der Waals surface area contributed by atoms with Crippen LogP contribution in [0.3, 0.4) is 0 Å². The lowest BCUT2D eigenvalue weighted by molar-refractivity contribution is 0.615. The lowest BCUT2D eigenvalue weighted by Crippen LogP contribution is -2.21. The van der Waals surface area contributed by atoms with Crippen LogP contribution in [0.4, 0.5) is 0 Å². The van der Waals surface area contributed by atoms with E-state index >= 15 is 0 Å². The molecule has 4 heteroatoms. The molecule has 1 aromatic heterocycles. The first kappa shape index (κ1) is 10.6. The predicted molar refractivity (Wildman–Crippen MR) is 58.1 cm³/mol. The lowest BCUT2D eigenvalue weighted by atomic mass is 10.6. The summed E-state index contributed by atoms with van der Waals surface area (Å²) in [6.45, 7) is 5.33. The highest BCUT2D eigenvalue weighted by molar-refractivity contribution is 7.99. The van der Waals surface area contributed by atoms with Gasteiger partial charge in [0.25, 0.3) is 0 Å². The van der Waals surface area contributed by atoms with Gasteiger partial charge in [-0.15, -0.1) is 0 Å². The van der Waals surface area contributed by atoms with E-state index in [0.717, 1.165) is 19.6 Å². The minimum absolute atomic E-state index is 1.01. The van der Waals surface area contributed by atoms with Crippen molar-refractivity contribution in [2.45, 2.75) is 13.5 Å². The zero-order valence-corrected chi connectivity index (χ0v) is 8.89. The molecule has 1 heterocycles. The van der Waals surface area contributed by atoms with Crippen LogP contribution in [0.5, 0.6) is 0 Å². The van der Waals surface area contributed by atoms with Crippen molar-refractivity contribution in [1.29, 1.82) is 0 Å². The zero-order valence-electron chi connectivity index (χ0n) is 8.07. The Labute approximate surface area is 83.9 Å². The van der Waals surface area contributed by atoms with Crippen LogP contribution in [0.15, 0.2) is 18.7 Å². The van der Waals surface area contributed by atoms with E-state index in [1.54, 1.807) is 0 Å². The second-order valence-corrected chi connectivity index (χ2v) is 4.14. The first-order chi connectivity index (χ1) is 6.43. The van der Waals surface area contributed by atoms with E-state index in [0.29, 0.717) is 0 Å². The molecule has 0 aliphatic heterocycles. The van der Waals surface area contributed by atoms with Gasteiger partial charge in [-0.2, -0.15) is 11.8 Å². The summed E-state index contributed by atoms with van der Waals surface area (Å²) in [4.78, 5) is 3.98. The third-order valence-electron chi connectivity index (χ3n) is 1.73. The maximum atomic E-state index is 3.98. The largest absolute Gasteiger partial charge is 0.336 e. The summed E-state index contributed by atoms with van der Waals surface area (Å²) in [6, 6.07) is 0. The highest BCUT2D eigenvalue weighted by Gasteiger charge is 1.89. The maximum Gasteiger partial charge on any atom is 0.0946 e. The number of rotatable bonds is 7. The molecule has 0 amide bonds. The van der Waals surface area contributed by atoms with Crippen LogP contribution in [-0.4, -0.2) is 34.1 Å². The number of hydrogen-bond acceptors (Lipinski definition) is 3. The summed E-state index contributed by atoms with van der Waals surface area (Å²) >= 11 is 1.97. The summed E-state index contributed by atoms with van der Waals surface area (Å²) < 4.78 is 2.08. The van der Waals surface area contributed by atoms with Gasteiger partial charge in [0, 0.05) is 37.8 Å². The van der Waals surface area contributed by atoms with E-state index in [9.17, 15) is 0 Å². The van der Waals surface area contributed by atoms with Crippen molar-refractivity contribution in [2.75, 3.05) is 24.6 Å². The van der Waals surface area contributed by atoms with Gasteiger partial charge in [-0.1, -0.05) is 6.92 Å². The van der Waals surface area contributed by atoms with Gasteiger partial charge in [0.15, 0.2) is 0 Å². The summed E-state index contributed by atoms with van der Waals surface area (Å²) in [5, 5.41) is 3.39. The second-order valence-electron chi connectivity index (χ2n) is 2.75. The molecule has 0 aromatic carbocycles. The van der Waals surface area contributed by atoms with Crippen molar-refractivity contribution < 1.29 is 0 Å². The molecule has 0 aliphatic carbocycles. The van der Waals surface area contributed by atoms with E-state index in [-0.39, 0.29) is 0 Å². The molecule has 0 saturated carbocycles. The van der Waals surface area contributed by atoms with Crippen LogP contribution < -0.4 is 5.32 Å². The highest BCUT2D eigenvalue weighted by atomic mass is 32.2. The number of aromatic nitrogens is 2. The number of hydrogen-bond donors (Lipinski definition) is 1. The van der Waals surface area contributed by atoms with E-state index < -0.39 is 0 Å². The summed E-state index contributed by atoms with van der Waals surface area (Å²) in [7, 11) is 0. The third kappa shape index (κ3) is 4.95. The Bertz CT molecular complexity index is 199. The van der Waals surface area contributed by atoms with Crippen molar-refractivity contribution in [3.8, 4) is 0 Å². The maximum absolute atomic E-state index is 3.98. The van der Waals surface area contributed by atoms with Gasteiger partial charge in [0.05, 0.1) is 6.33 Å². The molecule has 0 unspecified atom stereocenters. The van der Waals surface area contributed by atoms with Gasteiger partial charge >= 0.3 is 0 Å². The Kier molecular flexibility index (Phi) is 5.69. The molecule has 0 fully saturated rings. The minimum Gasteiger partial charge on any atom is -0.336 e. The van der Waals surface area contributed by atoms with Gasteiger partial charge in [0.2, 0.25) is 0 Å². The van der Waals surface area contributed by atoms with Crippen molar-refractivity contribution in [3.05, 3.63) is 18.7 Å². The van der Waals surface area contributed by atoms with Gasteiger partial charge in [-0.05, 0) is 5.75 Å². The Balaban J connectivity index is 1.90. The van der Waals surface area contributed by atoms with Gasteiger partial charge < -0.3 is 9.88 Å². The molecule has 0 bridgehead atoms. The number of nitrogens with one attached hydrogen (secondary N) is 1. The average Bonchev–Trinajstić information content (AvgIpc) is 2.63. The fraction of sp³-hybridized carbons (Fsp3) is 0.667. The van der Waals surface area contributed by atoms with E-state index in [2.05, 4.69) is 21.8 Å². The average molecular weight is 199 g/mol. The van der Waals surface area contributed by atoms with Gasteiger partial charge in [-0.3, -0.25) is 0 Å². The smallest absolute Gasteiger partial charge is 0.0946 e. The molecule has 13 heavy (non-hydrogen) atoms. The number of nitrogens with zero attached hydrogens (tertiary/aromatic N) is 2. The molecule has 0 aliphatic rings. The van der Waals surface area contributed by atoms with Crippen molar-refractivity contribution in [1.82, 2.24) is 14.9 Å². The molecular weight excluding hydrogens is 182 g/mol. The zero-order chi connectivity index (χ0) is 9.36. The topological polar surface area (TPSA) is 29.9 Å². The standard InChI is InChI=1S/C9H17N3S/c1-2-13-8-5-10-3-6-12-7-4-11-9-12/h4,7,9-10H,2-3,5-6,8H2,1H3. The quantitative estimate of drug-likeness (QED) is 0.670. The highest BCUT2D eigenvalue weighted by Crippen LogP contribution is 1.94. The first-order valence-electron chi connectivity index (χ1n) is 4.67. The van der Waals surface area contributed by atoms with E-state index in [1.807, 2.05) is 30.5 Å². The van der Waals surface area contributed by atoms with Crippen molar-refractivity contribution in [3.63, 3.8) is 0 Å². The predicted octanol–water partition coefficient (Wildman–Crippen LogP) is 1.23. The SMILES string of the molecule is CCSCCNCCn1ccnc1. The Morgan fingerprint density at radius 3 is 3.08 bits per heavy atom. The second kappa shape index (κ2) is 6.97. The number of thioether (sulfide) groups is 1. The van der Waals surface area contributed by atoms with E-state index in [4.69, 9.17) is 0 Å². The molecule has 0 saturated heterocycles. The van der Waals surface area contributed by atoms with Crippen LogP contribution in [0.2, 0.25) is 0 Å². The summed E-state index contributed by atoms with van der Waals surface area (Å²) in [5.74, 6) is 2.42. The monoisotopic (exact) mass is 199 g/mol. The molecule has 0 radical (unpaired) electrons. The Morgan fingerprint density at radius 2 is 2.38 bits per heavy atom. The van der Waals surface area contributed by atoms with Crippen LogP contribution in [-0.2, 0) is 6.54 Å².